The van der Waals surface area contributed by atoms with Crippen LogP contribution in [0.3, 0.4) is 0 Å². The minimum absolute atomic E-state index is 0.198. The summed E-state index contributed by atoms with van der Waals surface area (Å²) < 4.78 is 41.7. The lowest BCUT2D eigenvalue weighted by Crippen LogP contribution is -2.50. The van der Waals surface area contributed by atoms with Crippen LogP contribution in [0.4, 0.5) is 0 Å². The Morgan fingerprint density at radius 1 is 1.32 bits per heavy atom. The second-order valence-corrected chi connectivity index (χ2v) is 7.52. The Kier molecular flexibility index (Phi) is 4.25. The van der Waals surface area contributed by atoms with Gasteiger partial charge in [0.1, 0.15) is 0 Å². The summed E-state index contributed by atoms with van der Waals surface area (Å²) in [4.78, 5) is 0. The molecular formula is C13H22N4O4S. The van der Waals surface area contributed by atoms with Crippen molar-refractivity contribution in [3.05, 3.63) is 17.5 Å². The molecule has 0 saturated carbocycles. The van der Waals surface area contributed by atoms with Crippen molar-refractivity contribution in [2.24, 2.45) is 7.05 Å². The van der Waals surface area contributed by atoms with E-state index >= 15 is 0 Å². The highest BCUT2D eigenvalue weighted by molar-refractivity contribution is 7.87. The number of nitrogens with zero attached hydrogens (tertiary/aromatic N) is 3. The van der Waals surface area contributed by atoms with Crippen LogP contribution in [-0.4, -0.2) is 54.6 Å². The van der Waals surface area contributed by atoms with E-state index in [2.05, 4.69) is 9.82 Å². The standard InChI is InChI=1S/C13H22N4O4S/c1-11-10-16(2)15-12(11)9-14-22(18,19)17-5-3-13(4-6-17)20-7-8-21-13/h10,14H,3-9H2,1-2H3. The number of rotatable bonds is 4. The molecule has 0 unspecified atom stereocenters. The van der Waals surface area contributed by atoms with E-state index in [0.29, 0.717) is 39.1 Å². The summed E-state index contributed by atoms with van der Waals surface area (Å²) >= 11 is 0. The van der Waals surface area contributed by atoms with Gasteiger partial charge in [-0.15, -0.1) is 0 Å². The molecular weight excluding hydrogens is 308 g/mol. The first-order chi connectivity index (χ1) is 10.4. The van der Waals surface area contributed by atoms with Gasteiger partial charge in [0.2, 0.25) is 0 Å². The van der Waals surface area contributed by atoms with Crippen molar-refractivity contribution in [2.75, 3.05) is 26.3 Å². The van der Waals surface area contributed by atoms with Crippen molar-refractivity contribution < 1.29 is 17.9 Å². The molecule has 124 valence electrons. The molecule has 0 aromatic carbocycles. The summed E-state index contributed by atoms with van der Waals surface area (Å²) in [6, 6.07) is 0. The molecule has 3 rings (SSSR count). The van der Waals surface area contributed by atoms with Crippen LogP contribution >= 0.6 is 0 Å². The zero-order chi connectivity index (χ0) is 15.8. The number of aryl methyl sites for hydroxylation is 2. The second kappa shape index (κ2) is 5.89. The zero-order valence-electron chi connectivity index (χ0n) is 12.9. The van der Waals surface area contributed by atoms with Gasteiger partial charge >= 0.3 is 0 Å². The Hall–Kier alpha value is -1.00. The number of nitrogens with one attached hydrogen (secondary N) is 1. The number of ether oxygens (including phenoxy) is 2. The fraction of sp³-hybridized carbons (Fsp3) is 0.769. The summed E-state index contributed by atoms with van der Waals surface area (Å²) in [7, 11) is -1.70. The molecule has 2 saturated heterocycles. The van der Waals surface area contributed by atoms with Crippen molar-refractivity contribution in [1.29, 1.82) is 0 Å². The smallest absolute Gasteiger partial charge is 0.279 e. The quantitative estimate of drug-likeness (QED) is 0.833. The first-order valence-electron chi connectivity index (χ1n) is 7.42. The molecule has 0 amide bonds. The fourth-order valence-corrected chi connectivity index (χ4v) is 4.10. The average Bonchev–Trinajstić information content (AvgIpc) is 3.04. The summed E-state index contributed by atoms with van der Waals surface area (Å²) in [5, 5.41) is 4.25. The Balaban J connectivity index is 1.58. The fourth-order valence-electron chi connectivity index (χ4n) is 2.93. The highest BCUT2D eigenvalue weighted by Gasteiger charge is 2.42. The van der Waals surface area contributed by atoms with Crippen molar-refractivity contribution in [3.63, 3.8) is 0 Å². The summed E-state index contributed by atoms with van der Waals surface area (Å²) in [5.41, 5.74) is 1.71. The molecule has 9 heteroatoms. The van der Waals surface area contributed by atoms with Crippen LogP contribution in [0.1, 0.15) is 24.1 Å². The first-order valence-corrected chi connectivity index (χ1v) is 8.86. The average molecular weight is 330 g/mol. The van der Waals surface area contributed by atoms with Crippen LogP contribution in [0.2, 0.25) is 0 Å². The van der Waals surface area contributed by atoms with E-state index in [-0.39, 0.29) is 6.54 Å². The predicted octanol–water partition coefficient (Wildman–Crippen LogP) is -0.0982. The Labute approximate surface area is 130 Å². The van der Waals surface area contributed by atoms with Crippen LogP contribution in [0.5, 0.6) is 0 Å². The maximum atomic E-state index is 12.4. The zero-order valence-corrected chi connectivity index (χ0v) is 13.7. The molecule has 2 fully saturated rings. The third-order valence-electron chi connectivity index (χ3n) is 4.17. The molecule has 2 aliphatic heterocycles. The van der Waals surface area contributed by atoms with Gasteiger partial charge in [0.15, 0.2) is 5.79 Å². The van der Waals surface area contributed by atoms with Crippen molar-refractivity contribution >= 4 is 10.2 Å². The lowest BCUT2D eigenvalue weighted by atomic mass is 10.1. The second-order valence-electron chi connectivity index (χ2n) is 5.77. The van der Waals surface area contributed by atoms with E-state index in [1.54, 1.807) is 4.68 Å². The van der Waals surface area contributed by atoms with Crippen molar-refractivity contribution in [3.8, 4) is 0 Å². The molecule has 8 nitrogen and oxygen atoms in total. The topological polar surface area (TPSA) is 85.7 Å². The van der Waals surface area contributed by atoms with Gasteiger partial charge in [-0.2, -0.15) is 22.5 Å². The third kappa shape index (κ3) is 3.18. The lowest BCUT2D eigenvalue weighted by Gasteiger charge is -2.36. The molecule has 22 heavy (non-hydrogen) atoms. The number of aromatic nitrogens is 2. The highest BCUT2D eigenvalue weighted by atomic mass is 32.2. The molecule has 1 aromatic heterocycles. The minimum Gasteiger partial charge on any atom is -0.347 e. The van der Waals surface area contributed by atoms with Gasteiger partial charge in [0.05, 0.1) is 25.5 Å². The van der Waals surface area contributed by atoms with E-state index in [1.807, 2.05) is 20.2 Å². The van der Waals surface area contributed by atoms with E-state index < -0.39 is 16.0 Å². The molecule has 3 heterocycles. The van der Waals surface area contributed by atoms with E-state index in [4.69, 9.17) is 9.47 Å². The SMILES string of the molecule is Cc1cn(C)nc1CNS(=O)(=O)N1CCC2(CC1)OCCO2. The molecule has 1 N–H and O–H groups in total. The maximum absolute atomic E-state index is 12.4. The number of hydrogen-bond donors (Lipinski definition) is 1. The van der Waals surface area contributed by atoms with Crippen LogP contribution in [0.15, 0.2) is 6.20 Å². The molecule has 0 bridgehead atoms. The van der Waals surface area contributed by atoms with Crippen LogP contribution in [0.25, 0.3) is 0 Å². The van der Waals surface area contributed by atoms with Gasteiger partial charge in [0.25, 0.3) is 10.2 Å². The van der Waals surface area contributed by atoms with Crippen LogP contribution in [-0.2, 0) is 33.3 Å². The monoisotopic (exact) mass is 330 g/mol. The highest BCUT2D eigenvalue weighted by Crippen LogP contribution is 2.31. The molecule has 0 atom stereocenters. The largest absolute Gasteiger partial charge is 0.347 e. The van der Waals surface area contributed by atoms with Gasteiger partial charge < -0.3 is 9.47 Å². The van der Waals surface area contributed by atoms with Crippen molar-refractivity contribution in [2.45, 2.75) is 32.1 Å². The summed E-state index contributed by atoms with van der Waals surface area (Å²) in [6.07, 6.45) is 3.00. The van der Waals surface area contributed by atoms with Crippen molar-refractivity contribution in [1.82, 2.24) is 18.8 Å². The molecule has 0 aliphatic carbocycles. The van der Waals surface area contributed by atoms with Crippen LogP contribution < -0.4 is 4.72 Å². The number of piperidine rings is 1. The van der Waals surface area contributed by atoms with Gasteiger partial charge in [-0.3, -0.25) is 4.68 Å². The maximum Gasteiger partial charge on any atom is 0.279 e. The van der Waals surface area contributed by atoms with E-state index in [0.717, 1.165) is 11.3 Å². The molecule has 1 aromatic rings. The summed E-state index contributed by atoms with van der Waals surface area (Å²) in [6.45, 7) is 4.08. The molecule has 0 radical (unpaired) electrons. The normalized spacial score (nSPS) is 22.5. The summed E-state index contributed by atoms with van der Waals surface area (Å²) in [5.74, 6) is -0.566. The molecule has 1 spiro atoms. The molecule has 2 aliphatic rings. The van der Waals surface area contributed by atoms with E-state index in [9.17, 15) is 8.42 Å². The first kappa shape index (κ1) is 15.9. The lowest BCUT2D eigenvalue weighted by molar-refractivity contribution is -0.179. The Morgan fingerprint density at radius 3 is 2.50 bits per heavy atom. The number of hydrogen-bond acceptors (Lipinski definition) is 5. The predicted molar refractivity (Wildman–Crippen MR) is 79.1 cm³/mol. The minimum atomic E-state index is -3.51. The van der Waals surface area contributed by atoms with E-state index in [1.165, 1.54) is 4.31 Å². The van der Waals surface area contributed by atoms with Gasteiger partial charge in [-0.1, -0.05) is 0 Å². The van der Waals surface area contributed by atoms with Gasteiger partial charge in [0, 0.05) is 39.2 Å². The van der Waals surface area contributed by atoms with Crippen LogP contribution in [0, 0.1) is 6.92 Å². The third-order valence-corrected chi connectivity index (χ3v) is 5.73. The van der Waals surface area contributed by atoms with Gasteiger partial charge in [-0.05, 0) is 12.5 Å². The Bertz CT molecular complexity index is 626. The Morgan fingerprint density at radius 2 is 1.95 bits per heavy atom. The van der Waals surface area contributed by atoms with Gasteiger partial charge in [-0.25, -0.2) is 0 Å².